The fraction of sp³-hybridized carbons (Fsp3) is 0.143. The highest BCUT2D eigenvalue weighted by molar-refractivity contribution is 8.00. The Morgan fingerprint density at radius 1 is 0.875 bits per heavy atom. The van der Waals surface area contributed by atoms with Crippen molar-refractivity contribution in [2.75, 3.05) is 10.2 Å². The Hall–Kier alpha value is -3.80. The van der Waals surface area contributed by atoms with Gasteiger partial charge in [0.15, 0.2) is 0 Å². The first-order chi connectivity index (χ1) is 19.2. The molecular weight excluding hydrogens is 580 g/mol. The molecule has 1 fully saturated rings. The number of nitrogens with zero attached hydrogens (tertiary/aromatic N) is 2. The Morgan fingerprint density at radius 3 is 2.15 bits per heavy atom. The first-order valence-corrected chi connectivity index (χ1v) is 14.1. The van der Waals surface area contributed by atoms with Crippen molar-refractivity contribution < 1.29 is 23.2 Å². The molecule has 0 bridgehead atoms. The Kier molecular flexibility index (Phi) is 6.81. The van der Waals surface area contributed by atoms with Crippen LogP contribution in [0.5, 0.6) is 0 Å². The Bertz CT molecular complexity index is 1710. The van der Waals surface area contributed by atoms with E-state index in [1.807, 2.05) is 0 Å². The second kappa shape index (κ2) is 10.3. The molecule has 4 aromatic rings. The molecule has 7 nitrogen and oxygen atoms in total. The first kappa shape index (κ1) is 26.4. The summed E-state index contributed by atoms with van der Waals surface area (Å²) in [5.74, 6) is -3.90. The number of carbonyl (C=O) groups excluding carboxylic acids is 3. The largest absolute Gasteiger partial charge is 0.325 e. The van der Waals surface area contributed by atoms with Gasteiger partial charge in [-0.3, -0.25) is 23.7 Å². The predicted octanol–water partition coefficient (Wildman–Crippen LogP) is 5.28. The van der Waals surface area contributed by atoms with E-state index in [1.165, 1.54) is 53.1 Å². The number of thioether (sulfide) groups is 1. The summed E-state index contributed by atoms with van der Waals surface area (Å²) in [5.41, 5.74) is 1.30. The van der Waals surface area contributed by atoms with E-state index in [1.54, 1.807) is 24.3 Å². The number of amides is 3. The lowest BCUT2D eigenvalue weighted by atomic mass is 9.83. The smallest absolute Gasteiger partial charge is 0.308 e. The zero-order chi connectivity index (χ0) is 28.1. The van der Waals surface area contributed by atoms with Gasteiger partial charge in [0.2, 0.25) is 17.7 Å². The molecule has 6 rings (SSSR count). The van der Waals surface area contributed by atoms with Gasteiger partial charge in [-0.2, -0.15) is 0 Å². The summed E-state index contributed by atoms with van der Waals surface area (Å²) in [7, 11) is 0. The number of aromatic nitrogens is 1. The number of hydrogen-bond acceptors (Lipinski definition) is 6. The van der Waals surface area contributed by atoms with Gasteiger partial charge in [-0.1, -0.05) is 46.8 Å². The lowest BCUT2D eigenvalue weighted by Crippen LogP contribution is -2.33. The lowest BCUT2D eigenvalue weighted by Gasteiger charge is -2.30. The fourth-order valence-corrected chi connectivity index (χ4v) is 7.91. The number of hydrogen-bond donors (Lipinski definition) is 1. The van der Waals surface area contributed by atoms with E-state index in [0.717, 1.165) is 28.0 Å². The van der Waals surface area contributed by atoms with E-state index in [4.69, 9.17) is 11.6 Å². The number of fused-ring (bicyclic) bond motifs is 2. The molecule has 0 spiro atoms. The molecule has 0 aliphatic carbocycles. The van der Waals surface area contributed by atoms with Crippen LogP contribution < -0.4 is 15.1 Å². The van der Waals surface area contributed by atoms with Crippen molar-refractivity contribution in [1.82, 2.24) is 4.57 Å². The summed E-state index contributed by atoms with van der Waals surface area (Å²) >= 11 is 8.10. The maximum absolute atomic E-state index is 13.8. The van der Waals surface area contributed by atoms with E-state index in [0.29, 0.717) is 26.2 Å². The summed E-state index contributed by atoms with van der Waals surface area (Å²) in [6.07, 6.45) is 0. The van der Waals surface area contributed by atoms with Gasteiger partial charge in [-0.05, 0) is 66.2 Å². The van der Waals surface area contributed by atoms with Crippen LogP contribution in [0.2, 0.25) is 5.02 Å². The molecule has 3 aromatic carbocycles. The van der Waals surface area contributed by atoms with Crippen LogP contribution in [0.3, 0.4) is 0 Å². The maximum Gasteiger partial charge on any atom is 0.308 e. The van der Waals surface area contributed by atoms with Gasteiger partial charge in [-0.15, -0.1) is 0 Å². The third kappa shape index (κ3) is 4.63. The van der Waals surface area contributed by atoms with Gasteiger partial charge in [0.1, 0.15) is 23.4 Å². The second-order valence-electron chi connectivity index (χ2n) is 9.26. The molecule has 1 aromatic heterocycles. The minimum absolute atomic E-state index is 0.251. The minimum Gasteiger partial charge on any atom is -0.325 e. The van der Waals surface area contributed by atoms with Gasteiger partial charge in [0, 0.05) is 21.5 Å². The summed E-state index contributed by atoms with van der Waals surface area (Å²) in [4.78, 5) is 54.7. The number of benzene rings is 3. The average Bonchev–Trinajstić information content (AvgIpc) is 3.37. The zero-order valence-corrected chi connectivity index (χ0v) is 22.7. The van der Waals surface area contributed by atoms with Crippen LogP contribution in [-0.4, -0.2) is 27.5 Å². The van der Waals surface area contributed by atoms with Crippen LogP contribution in [-0.2, 0) is 20.9 Å². The quantitative estimate of drug-likeness (QED) is 0.317. The molecule has 2 aliphatic rings. The van der Waals surface area contributed by atoms with Gasteiger partial charge in [0.05, 0.1) is 16.6 Å². The molecule has 12 heteroatoms. The van der Waals surface area contributed by atoms with Crippen molar-refractivity contribution in [3.8, 4) is 0 Å². The summed E-state index contributed by atoms with van der Waals surface area (Å²) < 4.78 is 28.1. The van der Waals surface area contributed by atoms with Gasteiger partial charge < -0.3 is 5.32 Å². The number of halogens is 3. The maximum atomic E-state index is 13.8. The van der Waals surface area contributed by atoms with Crippen molar-refractivity contribution in [3.63, 3.8) is 0 Å². The molecular formula is C28H18ClF2N3O4S2. The number of anilines is 2. The van der Waals surface area contributed by atoms with Crippen LogP contribution in [0, 0.1) is 17.6 Å². The van der Waals surface area contributed by atoms with Crippen molar-refractivity contribution in [3.05, 3.63) is 110 Å². The summed E-state index contributed by atoms with van der Waals surface area (Å²) in [5, 5.41) is 2.66. The molecule has 3 amide bonds. The van der Waals surface area contributed by atoms with E-state index in [-0.39, 0.29) is 12.2 Å². The van der Waals surface area contributed by atoms with Crippen LogP contribution >= 0.6 is 34.7 Å². The van der Waals surface area contributed by atoms with Crippen LogP contribution in [0.4, 0.5) is 20.2 Å². The topological polar surface area (TPSA) is 88.5 Å². The lowest BCUT2D eigenvalue weighted by molar-refractivity contribution is -0.122. The van der Waals surface area contributed by atoms with Gasteiger partial charge in [0.25, 0.3) is 0 Å². The molecule has 0 radical (unpaired) electrons. The molecule has 0 unspecified atom stereocenters. The van der Waals surface area contributed by atoms with E-state index in [2.05, 4.69) is 5.32 Å². The first-order valence-electron chi connectivity index (χ1n) is 12.1. The standard InChI is InChI=1S/C28H18ClF2N3O4S2/c29-15-3-1-14(2-4-15)21-22-23(26(37)34(25(22)36)19-11-7-17(31)8-12-19)39-27-24(21)40-28(38)33(27)13-20(35)32-18-9-5-16(30)6-10-18/h1-12,21-23H,13H2,(H,32,35)/t21-,22-,23+/m0/s1. The van der Waals surface area contributed by atoms with Crippen LogP contribution in [0.15, 0.2) is 82.6 Å². The third-order valence-electron chi connectivity index (χ3n) is 6.79. The highest BCUT2D eigenvalue weighted by Crippen LogP contribution is 2.53. The van der Waals surface area contributed by atoms with Crippen molar-refractivity contribution in [2.24, 2.45) is 5.92 Å². The monoisotopic (exact) mass is 597 g/mol. The predicted molar refractivity (Wildman–Crippen MR) is 149 cm³/mol. The summed E-state index contributed by atoms with van der Waals surface area (Å²) in [6.45, 7) is -0.344. The molecule has 3 heterocycles. The number of carbonyl (C=O) groups is 3. The minimum atomic E-state index is -0.883. The molecule has 0 saturated carbocycles. The normalized spacial score (nSPS) is 19.9. The molecule has 1 saturated heterocycles. The summed E-state index contributed by atoms with van der Waals surface area (Å²) in [6, 6.07) is 17.1. The number of thiazole rings is 1. The van der Waals surface area contributed by atoms with Crippen LogP contribution in [0.25, 0.3) is 0 Å². The molecule has 2 aliphatic heterocycles. The van der Waals surface area contributed by atoms with E-state index in [9.17, 15) is 28.0 Å². The van der Waals surface area contributed by atoms with Gasteiger partial charge in [-0.25, -0.2) is 13.7 Å². The van der Waals surface area contributed by atoms with Crippen molar-refractivity contribution in [1.29, 1.82) is 0 Å². The van der Waals surface area contributed by atoms with E-state index < -0.39 is 51.3 Å². The number of nitrogens with one attached hydrogen (secondary N) is 1. The SMILES string of the molecule is O=C(Cn1c2c(sc1=O)[C@@H](c1ccc(Cl)cc1)[C@@H]1C(=O)N(c3ccc(F)cc3)C(=O)[C@@H]1S2)Nc1ccc(F)cc1. The highest BCUT2D eigenvalue weighted by Gasteiger charge is 2.56. The third-order valence-corrected chi connectivity index (χ3v) is 9.65. The molecule has 3 atom stereocenters. The Balaban J connectivity index is 1.40. The van der Waals surface area contributed by atoms with Gasteiger partial charge >= 0.3 is 4.87 Å². The molecule has 40 heavy (non-hydrogen) atoms. The Morgan fingerprint density at radius 2 is 1.50 bits per heavy atom. The van der Waals surface area contributed by atoms with Crippen LogP contribution in [0.1, 0.15) is 16.4 Å². The second-order valence-corrected chi connectivity index (χ2v) is 11.8. The fourth-order valence-electron chi connectivity index (χ4n) is 5.01. The molecule has 1 N–H and O–H groups in total. The van der Waals surface area contributed by atoms with Crippen molar-refractivity contribution in [2.45, 2.75) is 22.7 Å². The average molecular weight is 598 g/mol. The molecule has 202 valence electrons. The number of rotatable bonds is 5. The number of imide groups is 1. The van der Waals surface area contributed by atoms with Crippen molar-refractivity contribution >= 4 is 63.8 Å². The van der Waals surface area contributed by atoms with E-state index >= 15 is 0 Å². The Labute approximate surface area is 239 Å². The zero-order valence-electron chi connectivity index (χ0n) is 20.3. The highest BCUT2D eigenvalue weighted by atomic mass is 35.5.